The van der Waals surface area contributed by atoms with Crippen LogP contribution in [0, 0.1) is 0 Å². The Morgan fingerprint density at radius 3 is 1.77 bits per heavy atom. The van der Waals surface area contributed by atoms with Gasteiger partial charge in [-0.15, -0.1) is 11.3 Å². The van der Waals surface area contributed by atoms with E-state index in [-0.39, 0.29) is 5.41 Å². The van der Waals surface area contributed by atoms with Crippen LogP contribution >= 0.6 is 11.3 Å². The number of benzene rings is 9. The van der Waals surface area contributed by atoms with Crippen molar-refractivity contribution >= 4 is 70.5 Å². The van der Waals surface area contributed by atoms with Crippen LogP contribution in [-0.4, -0.2) is 0 Å². The molecule has 284 valence electrons. The van der Waals surface area contributed by atoms with Crippen LogP contribution in [0.2, 0.25) is 0 Å². The molecule has 0 unspecified atom stereocenters. The van der Waals surface area contributed by atoms with Gasteiger partial charge in [-0.3, -0.25) is 0 Å². The smallest absolute Gasteiger partial charge is 0.135 e. The quantitative estimate of drug-likeness (QED) is 0.167. The number of thiophene rings is 1. The molecule has 11 aromatic rings. The minimum absolute atomic E-state index is 0.0247. The molecule has 0 N–H and O–H groups in total. The molecule has 1 aliphatic rings. The predicted molar refractivity (Wildman–Crippen MR) is 255 cm³/mol. The Balaban J connectivity index is 0.942. The molecule has 0 aliphatic heterocycles. The van der Waals surface area contributed by atoms with E-state index >= 15 is 0 Å². The zero-order valence-electron chi connectivity index (χ0n) is 33.3. The lowest BCUT2D eigenvalue weighted by Crippen LogP contribution is -2.14. The molecule has 0 radical (unpaired) electrons. The van der Waals surface area contributed by atoms with Crippen LogP contribution in [0.5, 0.6) is 0 Å². The van der Waals surface area contributed by atoms with E-state index in [1.807, 2.05) is 23.5 Å². The lowest BCUT2D eigenvalue weighted by atomic mass is 9.82. The normalized spacial score (nSPS) is 13.0. The van der Waals surface area contributed by atoms with E-state index in [1.54, 1.807) is 0 Å². The molecule has 0 bridgehead atoms. The maximum atomic E-state index is 6.14. The molecular formula is C57H39NOS. The van der Waals surface area contributed by atoms with Gasteiger partial charge in [0.2, 0.25) is 0 Å². The van der Waals surface area contributed by atoms with Crippen molar-refractivity contribution in [1.82, 2.24) is 0 Å². The summed E-state index contributed by atoms with van der Waals surface area (Å²) < 4.78 is 8.78. The average Bonchev–Trinajstić information content (AvgIpc) is 3.94. The fourth-order valence-corrected chi connectivity index (χ4v) is 10.7. The van der Waals surface area contributed by atoms with Crippen LogP contribution in [0.4, 0.5) is 17.1 Å². The third-order valence-electron chi connectivity index (χ3n) is 12.7. The van der Waals surface area contributed by atoms with Gasteiger partial charge in [0, 0.05) is 53.4 Å². The Hall–Kier alpha value is -7.20. The molecule has 0 fully saturated rings. The van der Waals surface area contributed by atoms with Gasteiger partial charge < -0.3 is 9.32 Å². The summed E-state index contributed by atoms with van der Waals surface area (Å²) in [5, 5.41) is 4.92. The van der Waals surface area contributed by atoms with Crippen LogP contribution in [0.1, 0.15) is 25.0 Å². The second-order valence-electron chi connectivity index (χ2n) is 16.5. The fourth-order valence-electron chi connectivity index (χ4n) is 9.59. The highest BCUT2D eigenvalue weighted by Crippen LogP contribution is 2.50. The number of para-hydroxylation sites is 1. The van der Waals surface area contributed by atoms with Crippen molar-refractivity contribution in [3.8, 4) is 44.5 Å². The SMILES string of the molecule is CC1(C)c2ccccc2-c2cc(-c3cccc(N(c4ccc(-c5ccc6c(c5)sc5ccccc56)cc4)c4ccc(-c5ccc6oc7ccccc7c6c5)cc4)c3)ccc21. The molecule has 2 heterocycles. The molecule has 0 spiro atoms. The van der Waals surface area contributed by atoms with Gasteiger partial charge in [-0.1, -0.05) is 141 Å². The number of furan rings is 1. The molecule has 60 heavy (non-hydrogen) atoms. The minimum Gasteiger partial charge on any atom is -0.456 e. The molecular weight excluding hydrogens is 747 g/mol. The Morgan fingerprint density at radius 1 is 0.367 bits per heavy atom. The zero-order valence-corrected chi connectivity index (χ0v) is 34.1. The van der Waals surface area contributed by atoms with E-state index in [0.29, 0.717) is 0 Å². The maximum Gasteiger partial charge on any atom is 0.135 e. The van der Waals surface area contributed by atoms with E-state index in [1.165, 1.54) is 64.7 Å². The van der Waals surface area contributed by atoms with Crippen LogP contribution in [0.3, 0.4) is 0 Å². The van der Waals surface area contributed by atoms with Gasteiger partial charge >= 0.3 is 0 Å². The number of hydrogen-bond donors (Lipinski definition) is 0. The van der Waals surface area contributed by atoms with Crippen molar-refractivity contribution in [1.29, 1.82) is 0 Å². The lowest BCUT2D eigenvalue weighted by Gasteiger charge is -2.26. The van der Waals surface area contributed by atoms with Crippen molar-refractivity contribution in [3.63, 3.8) is 0 Å². The van der Waals surface area contributed by atoms with Crippen molar-refractivity contribution in [3.05, 3.63) is 211 Å². The first-order valence-corrected chi connectivity index (χ1v) is 21.5. The Bertz CT molecular complexity index is 3460. The van der Waals surface area contributed by atoms with Gasteiger partial charge in [-0.05, 0) is 128 Å². The summed E-state index contributed by atoms with van der Waals surface area (Å²) in [4.78, 5) is 2.38. The first kappa shape index (κ1) is 34.8. The number of anilines is 3. The first-order valence-electron chi connectivity index (χ1n) is 20.6. The van der Waals surface area contributed by atoms with Crippen LogP contribution in [0.15, 0.2) is 205 Å². The number of hydrogen-bond acceptors (Lipinski definition) is 3. The van der Waals surface area contributed by atoms with Gasteiger partial charge in [0.05, 0.1) is 0 Å². The number of fused-ring (bicyclic) bond motifs is 9. The summed E-state index contributed by atoms with van der Waals surface area (Å²) in [6, 6.07) is 73.3. The van der Waals surface area contributed by atoms with Crippen molar-refractivity contribution in [2.24, 2.45) is 0 Å². The largest absolute Gasteiger partial charge is 0.456 e. The third kappa shape index (κ3) is 5.54. The second kappa shape index (κ2) is 13.4. The highest BCUT2D eigenvalue weighted by Gasteiger charge is 2.35. The summed E-state index contributed by atoms with van der Waals surface area (Å²) >= 11 is 1.86. The summed E-state index contributed by atoms with van der Waals surface area (Å²) in [5.74, 6) is 0. The fraction of sp³-hybridized carbons (Fsp3) is 0.0526. The Morgan fingerprint density at radius 2 is 0.950 bits per heavy atom. The topological polar surface area (TPSA) is 16.4 Å². The predicted octanol–water partition coefficient (Wildman–Crippen LogP) is 16.7. The van der Waals surface area contributed by atoms with Crippen molar-refractivity contribution in [2.45, 2.75) is 19.3 Å². The monoisotopic (exact) mass is 785 g/mol. The summed E-state index contributed by atoms with van der Waals surface area (Å²) in [6.07, 6.45) is 0. The minimum atomic E-state index is -0.0247. The molecule has 12 rings (SSSR count). The highest BCUT2D eigenvalue weighted by atomic mass is 32.1. The molecule has 2 aromatic heterocycles. The summed E-state index contributed by atoms with van der Waals surface area (Å²) in [6.45, 7) is 4.68. The van der Waals surface area contributed by atoms with E-state index in [2.05, 4.69) is 207 Å². The maximum absolute atomic E-state index is 6.14. The standard InChI is InChI=1S/C57H39NOS/c1-57(2)51-15-6-3-12-45(51)49-33-40(23-30-52(49)57)38-10-9-11-44(32-38)58(42-25-18-36(19-26-42)39-24-31-54-50(34-39)46-13-4-7-16-53(46)59-54)43-27-20-37(21-28-43)41-22-29-48-47-14-5-8-17-55(47)60-56(48)35-41/h3-35H,1-2H3. The Labute approximate surface area is 353 Å². The number of nitrogens with zero attached hydrogens (tertiary/aromatic N) is 1. The van der Waals surface area contributed by atoms with Gasteiger partial charge in [0.15, 0.2) is 0 Å². The van der Waals surface area contributed by atoms with Gasteiger partial charge in [-0.25, -0.2) is 0 Å². The van der Waals surface area contributed by atoms with Crippen molar-refractivity contribution in [2.75, 3.05) is 4.90 Å². The zero-order chi connectivity index (χ0) is 40.0. The summed E-state index contributed by atoms with van der Waals surface area (Å²) in [5.41, 5.74) is 17.7. The van der Waals surface area contributed by atoms with Crippen molar-refractivity contribution < 1.29 is 4.42 Å². The summed E-state index contributed by atoms with van der Waals surface area (Å²) in [7, 11) is 0. The number of rotatable bonds is 6. The van der Waals surface area contributed by atoms with Gasteiger partial charge in [-0.2, -0.15) is 0 Å². The van der Waals surface area contributed by atoms with E-state index < -0.39 is 0 Å². The molecule has 3 heteroatoms. The van der Waals surface area contributed by atoms with Gasteiger partial charge in [0.1, 0.15) is 11.2 Å². The van der Waals surface area contributed by atoms with E-state index in [0.717, 1.165) is 50.1 Å². The molecule has 9 aromatic carbocycles. The average molecular weight is 786 g/mol. The van der Waals surface area contributed by atoms with Crippen LogP contribution < -0.4 is 4.90 Å². The lowest BCUT2D eigenvalue weighted by molar-refractivity contribution is 0.660. The van der Waals surface area contributed by atoms with Gasteiger partial charge in [0.25, 0.3) is 0 Å². The molecule has 0 atom stereocenters. The second-order valence-corrected chi connectivity index (χ2v) is 17.6. The molecule has 0 amide bonds. The highest BCUT2D eigenvalue weighted by molar-refractivity contribution is 7.25. The molecule has 0 saturated heterocycles. The third-order valence-corrected chi connectivity index (χ3v) is 13.8. The molecule has 0 saturated carbocycles. The Kier molecular flexibility index (Phi) is 7.79. The van der Waals surface area contributed by atoms with Crippen LogP contribution in [-0.2, 0) is 5.41 Å². The van der Waals surface area contributed by atoms with Crippen LogP contribution in [0.25, 0.3) is 86.6 Å². The first-order chi connectivity index (χ1) is 29.5. The van der Waals surface area contributed by atoms with E-state index in [4.69, 9.17) is 4.42 Å². The molecule has 1 aliphatic carbocycles. The van der Waals surface area contributed by atoms with E-state index in [9.17, 15) is 0 Å². The molecule has 2 nitrogen and oxygen atoms in total.